The van der Waals surface area contributed by atoms with Crippen LogP contribution in [0.25, 0.3) is 0 Å². The van der Waals surface area contributed by atoms with Crippen LogP contribution in [0.2, 0.25) is 0 Å². The molecule has 0 aliphatic carbocycles. The fourth-order valence-electron chi connectivity index (χ4n) is 3.68. The lowest BCUT2D eigenvalue weighted by Gasteiger charge is -2.19. The van der Waals surface area contributed by atoms with Crippen LogP contribution in [0.3, 0.4) is 0 Å². The number of hydrogen-bond donors (Lipinski definition) is 1. The Morgan fingerprint density at radius 2 is 1.83 bits per heavy atom. The summed E-state index contributed by atoms with van der Waals surface area (Å²) in [6.45, 7) is 0.597. The molecule has 4 rings (SSSR count). The molecule has 2 aromatic carbocycles. The predicted molar refractivity (Wildman–Crippen MR) is 103 cm³/mol. The first-order valence-electron chi connectivity index (χ1n) is 9.07. The van der Waals surface area contributed by atoms with Crippen LogP contribution in [-0.2, 0) is 19.0 Å². The third-order valence-corrected chi connectivity index (χ3v) is 5.01. The zero-order valence-corrected chi connectivity index (χ0v) is 15.3. The molecule has 0 bridgehead atoms. The van der Waals surface area contributed by atoms with E-state index in [0.29, 0.717) is 30.8 Å². The Labute approximate surface area is 165 Å². The van der Waals surface area contributed by atoms with Crippen molar-refractivity contribution in [2.45, 2.75) is 19.0 Å². The van der Waals surface area contributed by atoms with Gasteiger partial charge in [-0.25, -0.2) is 9.78 Å². The van der Waals surface area contributed by atoms with E-state index in [0.717, 1.165) is 28.9 Å². The van der Waals surface area contributed by atoms with Gasteiger partial charge in [-0.1, -0.05) is 24.3 Å². The highest BCUT2D eigenvalue weighted by Gasteiger charge is 2.30. The second-order valence-corrected chi connectivity index (χ2v) is 6.91. The van der Waals surface area contributed by atoms with Crippen LogP contribution in [0, 0.1) is 0 Å². The first-order chi connectivity index (χ1) is 13.8. The smallest absolute Gasteiger partial charge is 0.416 e. The molecule has 0 radical (unpaired) electrons. The number of hydrogen-bond acceptors (Lipinski definition) is 3. The summed E-state index contributed by atoms with van der Waals surface area (Å²) in [5, 5.41) is 9.38. The Bertz CT molecular complexity index is 1080. The third kappa shape index (κ3) is 3.81. The SMILES string of the molecule is O=C(O)c1cccc2c1CCN2c1cc(Cc2cccc(C(F)(F)F)c2)ccn1. The Kier molecular flexibility index (Phi) is 4.74. The molecule has 0 saturated heterocycles. The molecule has 3 aromatic rings. The highest BCUT2D eigenvalue weighted by atomic mass is 19.4. The van der Waals surface area contributed by atoms with Crippen molar-refractivity contribution in [3.05, 3.63) is 88.6 Å². The summed E-state index contributed by atoms with van der Waals surface area (Å²) < 4.78 is 38.8. The topological polar surface area (TPSA) is 53.4 Å². The summed E-state index contributed by atoms with van der Waals surface area (Å²) in [7, 11) is 0. The van der Waals surface area contributed by atoms with Crippen LogP contribution in [0.4, 0.5) is 24.7 Å². The van der Waals surface area contributed by atoms with E-state index in [1.54, 1.807) is 30.5 Å². The number of aromatic carboxylic acids is 1. The van der Waals surface area contributed by atoms with Gasteiger partial charge >= 0.3 is 12.1 Å². The Morgan fingerprint density at radius 3 is 2.59 bits per heavy atom. The van der Waals surface area contributed by atoms with Crippen LogP contribution in [0.15, 0.2) is 60.8 Å². The number of halogens is 3. The average Bonchev–Trinajstić information content (AvgIpc) is 3.12. The average molecular weight is 398 g/mol. The maximum atomic E-state index is 12.9. The molecular weight excluding hydrogens is 381 g/mol. The normalized spacial score (nSPS) is 13.4. The zero-order valence-electron chi connectivity index (χ0n) is 15.3. The van der Waals surface area contributed by atoms with E-state index in [2.05, 4.69) is 4.98 Å². The molecule has 1 aromatic heterocycles. The predicted octanol–water partition coefficient (Wildman–Crippen LogP) is 5.08. The van der Waals surface area contributed by atoms with E-state index in [4.69, 9.17) is 0 Å². The standard InChI is InChI=1S/C22H17F3N2O2/c23-22(24,25)16-4-1-3-14(12-16)11-15-7-9-26-20(13-15)27-10-8-17-18(21(28)29)5-2-6-19(17)27/h1-7,9,12-13H,8,10-11H2,(H,28,29). The molecule has 0 atom stereocenters. The zero-order chi connectivity index (χ0) is 20.6. The number of carbonyl (C=O) groups is 1. The molecule has 4 nitrogen and oxygen atoms in total. The van der Waals surface area contributed by atoms with Crippen molar-refractivity contribution in [1.29, 1.82) is 0 Å². The van der Waals surface area contributed by atoms with Gasteiger partial charge in [-0.3, -0.25) is 0 Å². The van der Waals surface area contributed by atoms with Crippen LogP contribution < -0.4 is 4.90 Å². The summed E-state index contributed by atoms with van der Waals surface area (Å²) >= 11 is 0. The molecule has 1 aliphatic rings. The number of benzene rings is 2. The number of rotatable bonds is 4. The maximum absolute atomic E-state index is 12.9. The molecule has 2 heterocycles. The highest BCUT2D eigenvalue weighted by molar-refractivity contribution is 5.92. The second kappa shape index (κ2) is 7.24. The first kappa shape index (κ1) is 19.0. The first-order valence-corrected chi connectivity index (χ1v) is 9.07. The maximum Gasteiger partial charge on any atom is 0.416 e. The Morgan fingerprint density at radius 1 is 1.07 bits per heavy atom. The van der Waals surface area contributed by atoms with Gasteiger partial charge in [0.05, 0.1) is 11.1 Å². The van der Waals surface area contributed by atoms with Crippen molar-refractivity contribution in [1.82, 2.24) is 4.98 Å². The third-order valence-electron chi connectivity index (χ3n) is 5.01. The van der Waals surface area contributed by atoms with E-state index < -0.39 is 17.7 Å². The van der Waals surface area contributed by atoms with Crippen LogP contribution in [0.5, 0.6) is 0 Å². The Hall–Kier alpha value is -3.35. The van der Waals surface area contributed by atoms with Crippen molar-refractivity contribution < 1.29 is 23.1 Å². The van der Waals surface area contributed by atoms with Gasteiger partial charge in [0.15, 0.2) is 0 Å². The van der Waals surface area contributed by atoms with Crippen molar-refractivity contribution in [2.24, 2.45) is 0 Å². The van der Waals surface area contributed by atoms with E-state index in [-0.39, 0.29) is 5.56 Å². The van der Waals surface area contributed by atoms with Gasteiger partial charge in [-0.15, -0.1) is 0 Å². The van der Waals surface area contributed by atoms with Crippen LogP contribution in [-0.4, -0.2) is 22.6 Å². The number of aromatic nitrogens is 1. The van der Waals surface area contributed by atoms with Gasteiger partial charge in [0.25, 0.3) is 0 Å². The van der Waals surface area contributed by atoms with Crippen molar-refractivity contribution >= 4 is 17.5 Å². The summed E-state index contributed by atoms with van der Waals surface area (Å²) in [6.07, 6.45) is -1.81. The minimum Gasteiger partial charge on any atom is -0.478 e. The summed E-state index contributed by atoms with van der Waals surface area (Å²) in [4.78, 5) is 17.8. The van der Waals surface area contributed by atoms with E-state index in [1.807, 2.05) is 17.0 Å². The lowest BCUT2D eigenvalue weighted by molar-refractivity contribution is -0.137. The fraction of sp³-hybridized carbons (Fsp3) is 0.182. The molecule has 7 heteroatoms. The van der Waals surface area contributed by atoms with Crippen molar-refractivity contribution in [3.8, 4) is 0 Å². The van der Waals surface area contributed by atoms with Crippen molar-refractivity contribution in [2.75, 3.05) is 11.4 Å². The van der Waals surface area contributed by atoms with Crippen LogP contribution in [0.1, 0.15) is 32.6 Å². The number of nitrogens with zero attached hydrogens (tertiary/aromatic N) is 2. The van der Waals surface area contributed by atoms with E-state index in [1.165, 1.54) is 6.07 Å². The minimum absolute atomic E-state index is 0.283. The molecule has 29 heavy (non-hydrogen) atoms. The summed E-state index contributed by atoms with van der Waals surface area (Å²) in [6, 6.07) is 14.0. The quantitative estimate of drug-likeness (QED) is 0.666. The molecule has 1 aliphatic heterocycles. The molecule has 0 amide bonds. The molecule has 0 unspecified atom stereocenters. The second-order valence-electron chi connectivity index (χ2n) is 6.91. The van der Waals surface area contributed by atoms with E-state index >= 15 is 0 Å². The van der Waals surface area contributed by atoms with Gasteiger partial charge < -0.3 is 10.0 Å². The molecular formula is C22H17F3N2O2. The molecule has 0 spiro atoms. The minimum atomic E-state index is -4.37. The number of carboxylic acid groups (broad SMARTS) is 1. The molecule has 148 valence electrons. The number of fused-ring (bicyclic) bond motifs is 1. The Balaban J connectivity index is 1.62. The van der Waals surface area contributed by atoms with Crippen LogP contribution >= 0.6 is 0 Å². The van der Waals surface area contributed by atoms with Gasteiger partial charge in [0.2, 0.25) is 0 Å². The molecule has 0 saturated carbocycles. The van der Waals surface area contributed by atoms with Gasteiger partial charge in [-0.2, -0.15) is 13.2 Å². The lowest BCUT2D eigenvalue weighted by Crippen LogP contribution is -2.15. The van der Waals surface area contributed by atoms with E-state index in [9.17, 15) is 23.1 Å². The van der Waals surface area contributed by atoms with Crippen molar-refractivity contribution in [3.63, 3.8) is 0 Å². The fourth-order valence-corrected chi connectivity index (χ4v) is 3.68. The number of pyridine rings is 1. The van der Waals surface area contributed by atoms with Gasteiger partial charge in [-0.05, 0) is 59.9 Å². The number of alkyl halides is 3. The summed E-state index contributed by atoms with van der Waals surface area (Å²) in [5.74, 6) is -0.314. The molecule has 1 N–H and O–H groups in total. The summed E-state index contributed by atoms with van der Waals surface area (Å²) in [5.41, 5.74) is 2.58. The largest absolute Gasteiger partial charge is 0.478 e. The highest BCUT2D eigenvalue weighted by Crippen LogP contribution is 2.36. The monoisotopic (exact) mass is 398 g/mol. The van der Waals surface area contributed by atoms with Gasteiger partial charge in [0, 0.05) is 18.4 Å². The lowest BCUT2D eigenvalue weighted by atomic mass is 10.0. The number of carboxylic acids is 1. The number of anilines is 2. The molecule has 0 fully saturated rings. The van der Waals surface area contributed by atoms with Gasteiger partial charge in [0.1, 0.15) is 5.82 Å².